The Morgan fingerprint density at radius 3 is 2.79 bits per heavy atom. The molecule has 19 heavy (non-hydrogen) atoms. The first-order valence-electron chi connectivity index (χ1n) is 5.07. The van der Waals surface area contributed by atoms with Gasteiger partial charge in [-0.15, -0.1) is 0 Å². The molecule has 0 radical (unpaired) electrons. The van der Waals surface area contributed by atoms with E-state index in [2.05, 4.69) is 9.61 Å². The first kappa shape index (κ1) is 13.3. The standard InChI is InChI=1S/C10H11N2O6P/c1-16-10-3-2-8(6-9(10)13)17-19(14,15)18-12-5-4-11-7-12/h2-7,13H,1H3,(H,14,15). The van der Waals surface area contributed by atoms with Gasteiger partial charge in [0.2, 0.25) is 0 Å². The quantitative estimate of drug-likeness (QED) is 0.796. The smallest absolute Gasteiger partial charge is 0.504 e. The van der Waals surface area contributed by atoms with Gasteiger partial charge >= 0.3 is 7.82 Å². The Kier molecular flexibility index (Phi) is 3.64. The van der Waals surface area contributed by atoms with Gasteiger partial charge in [-0.2, -0.15) is 4.73 Å². The average Bonchev–Trinajstić information content (AvgIpc) is 2.80. The van der Waals surface area contributed by atoms with E-state index in [0.717, 1.165) is 10.8 Å². The molecule has 1 atom stereocenters. The number of benzene rings is 1. The van der Waals surface area contributed by atoms with Gasteiger partial charge in [-0.05, 0) is 12.1 Å². The van der Waals surface area contributed by atoms with Crippen LogP contribution in [0.1, 0.15) is 0 Å². The molecular formula is C10H11N2O6P. The molecule has 0 bridgehead atoms. The molecule has 1 aromatic heterocycles. The van der Waals surface area contributed by atoms with E-state index in [1.807, 2.05) is 0 Å². The molecule has 1 heterocycles. The number of phenols is 1. The van der Waals surface area contributed by atoms with Gasteiger partial charge in [-0.1, -0.05) is 0 Å². The SMILES string of the molecule is COc1ccc(OP(=O)(O)On2ccnc2)cc1O. The van der Waals surface area contributed by atoms with Crippen LogP contribution in [0.25, 0.3) is 0 Å². The van der Waals surface area contributed by atoms with Crippen molar-refractivity contribution in [2.24, 2.45) is 0 Å². The third-order valence-electron chi connectivity index (χ3n) is 2.05. The van der Waals surface area contributed by atoms with Crippen molar-refractivity contribution < 1.29 is 28.5 Å². The maximum absolute atomic E-state index is 11.7. The van der Waals surface area contributed by atoms with Crippen LogP contribution in [0.2, 0.25) is 0 Å². The predicted octanol–water partition coefficient (Wildman–Crippen LogP) is 1.21. The van der Waals surface area contributed by atoms with Gasteiger partial charge in [0.25, 0.3) is 0 Å². The first-order chi connectivity index (χ1) is 9.00. The summed E-state index contributed by atoms with van der Waals surface area (Å²) in [6.07, 6.45) is 3.90. The second kappa shape index (κ2) is 5.21. The number of phenolic OH excluding ortho intramolecular Hbond substituents is 1. The fraction of sp³-hybridized carbons (Fsp3) is 0.100. The van der Waals surface area contributed by atoms with Gasteiger partial charge in [0.1, 0.15) is 12.1 Å². The third-order valence-corrected chi connectivity index (χ3v) is 2.89. The molecule has 1 unspecified atom stereocenters. The van der Waals surface area contributed by atoms with Gasteiger partial charge in [0, 0.05) is 12.3 Å². The van der Waals surface area contributed by atoms with E-state index in [4.69, 9.17) is 9.26 Å². The number of ether oxygens (including phenoxy) is 1. The van der Waals surface area contributed by atoms with Crippen molar-refractivity contribution in [1.82, 2.24) is 9.71 Å². The third kappa shape index (κ3) is 3.40. The average molecular weight is 286 g/mol. The highest BCUT2D eigenvalue weighted by molar-refractivity contribution is 7.48. The zero-order valence-electron chi connectivity index (χ0n) is 9.83. The maximum Gasteiger partial charge on any atom is 0.604 e. The molecular weight excluding hydrogens is 275 g/mol. The highest BCUT2D eigenvalue weighted by atomic mass is 31.2. The molecule has 1 aromatic carbocycles. The summed E-state index contributed by atoms with van der Waals surface area (Å²) in [4.78, 5) is 13.2. The number of imidazole rings is 1. The molecule has 2 rings (SSSR count). The summed E-state index contributed by atoms with van der Waals surface area (Å²) in [6, 6.07) is 3.89. The van der Waals surface area contributed by atoms with Crippen molar-refractivity contribution in [3.8, 4) is 17.2 Å². The van der Waals surface area contributed by atoms with Crippen molar-refractivity contribution >= 4 is 7.82 Å². The highest BCUT2D eigenvalue weighted by Crippen LogP contribution is 2.42. The van der Waals surface area contributed by atoms with Gasteiger partial charge < -0.3 is 19.0 Å². The first-order valence-corrected chi connectivity index (χ1v) is 6.57. The predicted molar refractivity (Wildman–Crippen MR) is 63.9 cm³/mol. The van der Waals surface area contributed by atoms with Crippen LogP contribution < -0.4 is 13.9 Å². The van der Waals surface area contributed by atoms with Gasteiger partial charge in [0.15, 0.2) is 11.5 Å². The molecule has 0 amide bonds. The van der Waals surface area contributed by atoms with E-state index in [1.165, 1.54) is 38.0 Å². The lowest BCUT2D eigenvalue weighted by molar-refractivity contribution is 0.183. The van der Waals surface area contributed by atoms with Crippen LogP contribution in [0.5, 0.6) is 17.2 Å². The lowest BCUT2D eigenvalue weighted by Crippen LogP contribution is -2.10. The molecule has 0 aliphatic rings. The number of phosphoric ester groups is 1. The molecule has 8 nitrogen and oxygen atoms in total. The number of aromatic hydroxyl groups is 1. The van der Waals surface area contributed by atoms with Crippen LogP contribution in [-0.4, -0.2) is 26.8 Å². The summed E-state index contributed by atoms with van der Waals surface area (Å²) in [6.45, 7) is 0. The number of nitrogens with zero attached hydrogens (tertiary/aromatic N) is 2. The van der Waals surface area contributed by atoms with Crippen molar-refractivity contribution in [2.75, 3.05) is 7.11 Å². The number of methoxy groups -OCH3 is 1. The van der Waals surface area contributed by atoms with Crippen molar-refractivity contribution in [1.29, 1.82) is 0 Å². The maximum atomic E-state index is 11.7. The van der Waals surface area contributed by atoms with E-state index in [9.17, 15) is 14.6 Å². The molecule has 9 heteroatoms. The van der Waals surface area contributed by atoms with Crippen molar-refractivity contribution in [3.05, 3.63) is 36.9 Å². The van der Waals surface area contributed by atoms with Gasteiger partial charge in [-0.3, -0.25) is 4.89 Å². The topological polar surface area (TPSA) is 103 Å². The summed E-state index contributed by atoms with van der Waals surface area (Å²) in [5.74, 6) is -0.0393. The minimum absolute atomic E-state index is 0.0377. The Morgan fingerprint density at radius 2 is 2.21 bits per heavy atom. The number of phosphoric acid groups is 1. The van der Waals surface area contributed by atoms with E-state index in [-0.39, 0.29) is 17.2 Å². The summed E-state index contributed by atoms with van der Waals surface area (Å²) in [7, 11) is -2.99. The van der Waals surface area contributed by atoms with E-state index >= 15 is 0 Å². The number of aromatic nitrogens is 2. The second-order valence-electron chi connectivity index (χ2n) is 3.40. The Labute approximate surface area is 108 Å². The van der Waals surface area contributed by atoms with Crippen LogP contribution in [0.3, 0.4) is 0 Å². The molecule has 0 fully saturated rings. The molecule has 0 aliphatic heterocycles. The molecule has 102 valence electrons. The fourth-order valence-electron chi connectivity index (χ4n) is 1.29. The molecule has 2 aromatic rings. The largest absolute Gasteiger partial charge is 0.604 e. The summed E-state index contributed by atoms with van der Waals surface area (Å²) in [5, 5.41) is 9.51. The number of hydrogen-bond acceptors (Lipinski definition) is 6. The van der Waals surface area contributed by atoms with E-state index in [1.54, 1.807) is 0 Å². The zero-order chi connectivity index (χ0) is 13.9. The Morgan fingerprint density at radius 1 is 1.42 bits per heavy atom. The minimum atomic E-state index is -4.38. The Hall–Kier alpha value is -2.18. The molecule has 0 spiro atoms. The molecule has 0 saturated carbocycles. The van der Waals surface area contributed by atoms with Crippen LogP contribution in [0.15, 0.2) is 36.9 Å². The molecule has 0 saturated heterocycles. The highest BCUT2D eigenvalue weighted by Gasteiger charge is 2.26. The van der Waals surface area contributed by atoms with Crippen molar-refractivity contribution in [3.63, 3.8) is 0 Å². The Balaban J connectivity index is 2.11. The minimum Gasteiger partial charge on any atom is -0.504 e. The van der Waals surface area contributed by atoms with Crippen LogP contribution in [0.4, 0.5) is 0 Å². The monoisotopic (exact) mass is 286 g/mol. The summed E-state index contributed by atoms with van der Waals surface area (Å²) >= 11 is 0. The zero-order valence-corrected chi connectivity index (χ0v) is 10.7. The van der Waals surface area contributed by atoms with Crippen LogP contribution in [0, 0.1) is 0 Å². The number of rotatable bonds is 5. The van der Waals surface area contributed by atoms with Crippen LogP contribution in [-0.2, 0) is 4.57 Å². The van der Waals surface area contributed by atoms with Gasteiger partial charge in [-0.25, -0.2) is 9.55 Å². The number of hydrogen-bond donors (Lipinski definition) is 2. The molecule has 0 aliphatic carbocycles. The Bertz CT molecular complexity index is 600. The van der Waals surface area contributed by atoms with E-state index < -0.39 is 7.82 Å². The lowest BCUT2D eigenvalue weighted by Gasteiger charge is -2.13. The lowest BCUT2D eigenvalue weighted by atomic mass is 10.3. The van der Waals surface area contributed by atoms with Crippen LogP contribution >= 0.6 is 7.82 Å². The molecule has 2 N–H and O–H groups in total. The van der Waals surface area contributed by atoms with E-state index in [0.29, 0.717) is 0 Å². The van der Waals surface area contributed by atoms with Gasteiger partial charge in [0.05, 0.1) is 13.3 Å². The second-order valence-corrected chi connectivity index (χ2v) is 4.68. The van der Waals surface area contributed by atoms with Crippen molar-refractivity contribution in [2.45, 2.75) is 0 Å². The fourth-order valence-corrected chi connectivity index (χ4v) is 2.04. The summed E-state index contributed by atoms with van der Waals surface area (Å²) < 4.78 is 26.9. The normalized spacial score (nSPS) is 13.6. The summed E-state index contributed by atoms with van der Waals surface area (Å²) in [5.41, 5.74) is 0.